The number of amides is 1. The van der Waals surface area contributed by atoms with Crippen molar-refractivity contribution in [2.75, 3.05) is 19.8 Å². The van der Waals surface area contributed by atoms with Gasteiger partial charge in [0.2, 0.25) is 0 Å². The molecule has 1 aromatic heterocycles. The lowest BCUT2D eigenvalue weighted by Crippen LogP contribution is -2.29. The predicted octanol–water partition coefficient (Wildman–Crippen LogP) is 2.43. The minimum atomic E-state index is -0.0520. The van der Waals surface area contributed by atoms with Crippen molar-refractivity contribution < 1.29 is 9.53 Å². The number of carbonyl (C=O) groups is 1. The standard InChI is InChI=1S/C12H19BrN2O2/c1-3-6-15-9-10(13)8-11(15)12(16)14-5-7-17-4-2/h8-9H,3-7H2,1-2H3,(H,14,16). The van der Waals surface area contributed by atoms with Gasteiger partial charge in [0.1, 0.15) is 5.69 Å². The Balaban J connectivity index is 2.55. The first-order valence-electron chi connectivity index (χ1n) is 5.90. The number of aromatic nitrogens is 1. The van der Waals surface area contributed by atoms with Crippen LogP contribution in [0.25, 0.3) is 0 Å². The molecule has 0 atom stereocenters. The number of nitrogens with zero attached hydrogens (tertiary/aromatic N) is 1. The van der Waals surface area contributed by atoms with Crippen molar-refractivity contribution in [2.24, 2.45) is 0 Å². The van der Waals surface area contributed by atoms with Gasteiger partial charge >= 0.3 is 0 Å². The van der Waals surface area contributed by atoms with E-state index < -0.39 is 0 Å². The van der Waals surface area contributed by atoms with E-state index >= 15 is 0 Å². The topological polar surface area (TPSA) is 43.3 Å². The average Bonchev–Trinajstić information content (AvgIpc) is 2.66. The Morgan fingerprint density at radius 2 is 2.29 bits per heavy atom. The van der Waals surface area contributed by atoms with Crippen LogP contribution in [0.4, 0.5) is 0 Å². The Hall–Kier alpha value is -0.810. The molecule has 17 heavy (non-hydrogen) atoms. The molecule has 1 heterocycles. The first kappa shape index (κ1) is 14.3. The van der Waals surface area contributed by atoms with Gasteiger partial charge in [0.15, 0.2) is 0 Å². The van der Waals surface area contributed by atoms with Crippen LogP contribution in [0.2, 0.25) is 0 Å². The zero-order chi connectivity index (χ0) is 12.7. The molecule has 1 amide bonds. The number of hydrogen-bond acceptors (Lipinski definition) is 2. The van der Waals surface area contributed by atoms with E-state index in [1.54, 1.807) is 0 Å². The summed E-state index contributed by atoms with van der Waals surface area (Å²) in [6, 6.07) is 1.84. The van der Waals surface area contributed by atoms with Crippen LogP contribution in [0.1, 0.15) is 30.8 Å². The monoisotopic (exact) mass is 302 g/mol. The van der Waals surface area contributed by atoms with E-state index in [4.69, 9.17) is 4.74 Å². The maximum absolute atomic E-state index is 11.9. The van der Waals surface area contributed by atoms with E-state index in [-0.39, 0.29) is 5.91 Å². The molecule has 0 radical (unpaired) electrons. The first-order valence-corrected chi connectivity index (χ1v) is 6.70. The zero-order valence-corrected chi connectivity index (χ0v) is 11.9. The quantitative estimate of drug-likeness (QED) is 0.786. The molecule has 0 aromatic carbocycles. The smallest absolute Gasteiger partial charge is 0.268 e. The highest BCUT2D eigenvalue weighted by Gasteiger charge is 2.11. The van der Waals surface area contributed by atoms with Crippen LogP contribution in [0.3, 0.4) is 0 Å². The van der Waals surface area contributed by atoms with Gasteiger partial charge in [0.25, 0.3) is 5.91 Å². The van der Waals surface area contributed by atoms with Crippen molar-refractivity contribution in [2.45, 2.75) is 26.8 Å². The minimum absolute atomic E-state index is 0.0520. The van der Waals surface area contributed by atoms with Crippen molar-refractivity contribution in [3.8, 4) is 0 Å². The van der Waals surface area contributed by atoms with E-state index in [2.05, 4.69) is 28.2 Å². The lowest BCUT2D eigenvalue weighted by molar-refractivity contribution is 0.0913. The van der Waals surface area contributed by atoms with Gasteiger partial charge < -0.3 is 14.6 Å². The summed E-state index contributed by atoms with van der Waals surface area (Å²) < 4.78 is 8.06. The highest BCUT2D eigenvalue weighted by molar-refractivity contribution is 9.10. The number of carbonyl (C=O) groups excluding carboxylic acids is 1. The molecule has 0 fully saturated rings. The van der Waals surface area contributed by atoms with Gasteiger partial charge in [-0.15, -0.1) is 0 Å². The lowest BCUT2D eigenvalue weighted by Gasteiger charge is -2.08. The molecule has 1 aromatic rings. The summed E-state index contributed by atoms with van der Waals surface area (Å²) in [6.07, 6.45) is 2.93. The molecule has 0 unspecified atom stereocenters. The van der Waals surface area contributed by atoms with E-state index in [0.29, 0.717) is 25.5 Å². The van der Waals surface area contributed by atoms with E-state index in [0.717, 1.165) is 17.4 Å². The van der Waals surface area contributed by atoms with E-state index in [1.165, 1.54) is 0 Å². The molecule has 0 bridgehead atoms. The number of hydrogen-bond donors (Lipinski definition) is 1. The van der Waals surface area contributed by atoms with Gasteiger partial charge in [0, 0.05) is 30.4 Å². The fourth-order valence-electron chi connectivity index (χ4n) is 1.56. The van der Waals surface area contributed by atoms with Crippen molar-refractivity contribution >= 4 is 21.8 Å². The molecular weight excluding hydrogens is 284 g/mol. The summed E-state index contributed by atoms with van der Waals surface area (Å²) in [5, 5.41) is 2.84. The third-order valence-electron chi connectivity index (χ3n) is 2.30. The van der Waals surface area contributed by atoms with E-state index in [1.807, 2.05) is 23.8 Å². The second-order valence-electron chi connectivity index (χ2n) is 3.69. The van der Waals surface area contributed by atoms with Crippen LogP contribution in [0.5, 0.6) is 0 Å². The number of ether oxygens (including phenoxy) is 1. The number of rotatable bonds is 7. The molecule has 96 valence electrons. The molecule has 0 aliphatic carbocycles. The summed E-state index contributed by atoms with van der Waals surface area (Å²) >= 11 is 3.39. The molecule has 1 N–H and O–H groups in total. The number of aryl methyl sites for hydroxylation is 1. The molecule has 0 saturated carbocycles. The second kappa shape index (κ2) is 7.50. The first-order chi connectivity index (χ1) is 8.19. The highest BCUT2D eigenvalue weighted by atomic mass is 79.9. The van der Waals surface area contributed by atoms with Gasteiger partial charge in [0.05, 0.1) is 6.61 Å². The zero-order valence-electron chi connectivity index (χ0n) is 10.3. The number of nitrogens with one attached hydrogen (secondary N) is 1. The van der Waals surface area contributed by atoms with Gasteiger partial charge in [-0.05, 0) is 35.3 Å². The Labute approximate surface area is 110 Å². The highest BCUT2D eigenvalue weighted by Crippen LogP contribution is 2.15. The third-order valence-corrected chi connectivity index (χ3v) is 2.73. The fourth-order valence-corrected chi connectivity index (χ4v) is 2.03. The lowest BCUT2D eigenvalue weighted by atomic mass is 10.3. The van der Waals surface area contributed by atoms with Crippen LogP contribution < -0.4 is 5.32 Å². The summed E-state index contributed by atoms with van der Waals surface area (Å²) in [7, 11) is 0. The van der Waals surface area contributed by atoms with Crippen molar-refractivity contribution in [3.05, 3.63) is 22.4 Å². The van der Waals surface area contributed by atoms with Crippen LogP contribution in [0, 0.1) is 0 Å². The maximum Gasteiger partial charge on any atom is 0.268 e. The Kier molecular flexibility index (Phi) is 6.29. The summed E-state index contributed by atoms with van der Waals surface area (Å²) in [5.41, 5.74) is 0.690. The molecule has 4 nitrogen and oxygen atoms in total. The largest absolute Gasteiger partial charge is 0.380 e. The Bertz CT molecular complexity index is 363. The molecule has 0 aliphatic heterocycles. The summed E-state index contributed by atoms with van der Waals surface area (Å²) in [4.78, 5) is 11.9. The SMILES string of the molecule is CCCn1cc(Br)cc1C(=O)NCCOCC. The normalized spacial score (nSPS) is 10.5. The van der Waals surface area contributed by atoms with Crippen LogP contribution in [-0.4, -0.2) is 30.2 Å². The van der Waals surface area contributed by atoms with E-state index in [9.17, 15) is 4.79 Å². The minimum Gasteiger partial charge on any atom is -0.380 e. The molecule has 0 saturated heterocycles. The van der Waals surface area contributed by atoms with Crippen LogP contribution in [-0.2, 0) is 11.3 Å². The Morgan fingerprint density at radius 3 is 2.94 bits per heavy atom. The van der Waals surface area contributed by atoms with Crippen molar-refractivity contribution in [1.29, 1.82) is 0 Å². The van der Waals surface area contributed by atoms with Crippen LogP contribution in [0.15, 0.2) is 16.7 Å². The van der Waals surface area contributed by atoms with Gasteiger partial charge in [-0.2, -0.15) is 0 Å². The maximum atomic E-state index is 11.9. The molecule has 0 spiro atoms. The van der Waals surface area contributed by atoms with Gasteiger partial charge in [-0.1, -0.05) is 6.92 Å². The average molecular weight is 303 g/mol. The fraction of sp³-hybridized carbons (Fsp3) is 0.583. The number of halogens is 1. The van der Waals surface area contributed by atoms with Gasteiger partial charge in [-0.25, -0.2) is 0 Å². The summed E-state index contributed by atoms with van der Waals surface area (Å²) in [6.45, 7) is 6.64. The molecule has 0 aliphatic rings. The van der Waals surface area contributed by atoms with Crippen molar-refractivity contribution in [1.82, 2.24) is 9.88 Å². The molecule has 1 rings (SSSR count). The Morgan fingerprint density at radius 1 is 1.53 bits per heavy atom. The molecule has 5 heteroatoms. The van der Waals surface area contributed by atoms with Crippen molar-refractivity contribution in [3.63, 3.8) is 0 Å². The second-order valence-corrected chi connectivity index (χ2v) is 4.61. The summed E-state index contributed by atoms with van der Waals surface area (Å²) in [5.74, 6) is -0.0520. The molecular formula is C12H19BrN2O2. The third kappa shape index (κ3) is 4.52. The van der Waals surface area contributed by atoms with Gasteiger partial charge in [-0.3, -0.25) is 4.79 Å². The van der Waals surface area contributed by atoms with Crippen LogP contribution >= 0.6 is 15.9 Å². The predicted molar refractivity (Wildman–Crippen MR) is 71.2 cm³/mol.